The van der Waals surface area contributed by atoms with E-state index in [0.29, 0.717) is 18.2 Å². The first kappa shape index (κ1) is 8.60. The molecule has 0 amide bonds. The van der Waals surface area contributed by atoms with Crippen LogP contribution in [0.4, 0.5) is 5.88 Å². The fourth-order valence-electron chi connectivity index (χ4n) is 0.895. The Labute approximate surface area is 71.0 Å². The second kappa shape index (κ2) is 3.26. The van der Waals surface area contributed by atoms with Gasteiger partial charge in [-0.2, -0.15) is 5.26 Å². The average Bonchev–Trinajstić information content (AvgIpc) is 2.29. The van der Waals surface area contributed by atoms with Gasteiger partial charge in [-0.15, -0.1) is 0 Å². The first-order valence-corrected chi connectivity index (χ1v) is 3.78. The van der Waals surface area contributed by atoms with E-state index >= 15 is 0 Å². The maximum Gasteiger partial charge on any atom is 0.229 e. The molecule has 1 heterocycles. The highest BCUT2D eigenvalue weighted by Crippen LogP contribution is 2.14. The molecule has 1 aromatic rings. The molecule has 4 nitrogen and oxygen atoms in total. The monoisotopic (exact) mass is 165 g/mol. The quantitative estimate of drug-likeness (QED) is 0.717. The van der Waals surface area contributed by atoms with Crippen LogP contribution in [0.5, 0.6) is 0 Å². The predicted octanol–water partition coefficient (Wildman–Crippen LogP) is 1.33. The molecule has 0 aromatic carbocycles. The third kappa shape index (κ3) is 1.76. The van der Waals surface area contributed by atoms with E-state index in [2.05, 4.69) is 4.98 Å². The van der Waals surface area contributed by atoms with Crippen LogP contribution in [0.1, 0.15) is 25.4 Å². The van der Waals surface area contributed by atoms with Crippen LogP contribution < -0.4 is 5.73 Å². The molecule has 0 aliphatic heterocycles. The average molecular weight is 165 g/mol. The Balaban J connectivity index is 2.84. The zero-order valence-electron chi connectivity index (χ0n) is 7.16. The standard InChI is InChI=1S/C8H11N3O/c1-5(2)3-7-11-6(4-9)8(10)12-7/h5H,3,10H2,1-2H3. The summed E-state index contributed by atoms with van der Waals surface area (Å²) >= 11 is 0. The molecule has 64 valence electrons. The maximum atomic E-state index is 8.51. The Morgan fingerprint density at radius 1 is 1.67 bits per heavy atom. The normalized spacial score (nSPS) is 10.2. The van der Waals surface area contributed by atoms with Gasteiger partial charge in [-0.05, 0) is 5.92 Å². The zero-order valence-corrected chi connectivity index (χ0v) is 7.16. The summed E-state index contributed by atoms with van der Waals surface area (Å²) in [5.74, 6) is 1.11. The Morgan fingerprint density at radius 2 is 2.33 bits per heavy atom. The highest BCUT2D eigenvalue weighted by molar-refractivity contribution is 5.40. The van der Waals surface area contributed by atoms with Gasteiger partial charge in [-0.25, -0.2) is 4.98 Å². The second-order valence-corrected chi connectivity index (χ2v) is 3.03. The molecule has 1 aromatic heterocycles. The fraction of sp³-hybridized carbons (Fsp3) is 0.500. The lowest BCUT2D eigenvalue weighted by Gasteiger charge is -1.96. The van der Waals surface area contributed by atoms with Gasteiger partial charge in [-0.1, -0.05) is 13.8 Å². The molecule has 4 heteroatoms. The van der Waals surface area contributed by atoms with E-state index in [9.17, 15) is 0 Å². The Morgan fingerprint density at radius 3 is 2.75 bits per heavy atom. The minimum atomic E-state index is 0.119. The molecule has 0 saturated heterocycles. The molecule has 2 N–H and O–H groups in total. The number of hydrogen-bond acceptors (Lipinski definition) is 4. The fourth-order valence-corrected chi connectivity index (χ4v) is 0.895. The molecule has 0 fully saturated rings. The van der Waals surface area contributed by atoms with Crippen LogP contribution in [0.2, 0.25) is 0 Å². The molecule has 0 aliphatic rings. The predicted molar refractivity (Wildman–Crippen MR) is 44.2 cm³/mol. The first-order chi connectivity index (χ1) is 5.63. The molecule has 0 spiro atoms. The lowest BCUT2D eigenvalue weighted by Crippen LogP contribution is -1.93. The summed E-state index contributed by atoms with van der Waals surface area (Å²) in [6, 6.07) is 1.86. The number of nitrogens with zero attached hydrogens (tertiary/aromatic N) is 2. The van der Waals surface area contributed by atoms with Crippen molar-refractivity contribution in [2.45, 2.75) is 20.3 Å². The highest BCUT2D eigenvalue weighted by atomic mass is 16.4. The molecule has 0 atom stereocenters. The van der Waals surface area contributed by atoms with Crippen molar-refractivity contribution in [1.82, 2.24) is 4.98 Å². The van der Waals surface area contributed by atoms with E-state index in [1.807, 2.05) is 19.9 Å². The number of nitriles is 1. The largest absolute Gasteiger partial charge is 0.424 e. The van der Waals surface area contributed by atoms with Crippen LogP contribution in [0.25, 0.3) is 0 Å². The summed E-state index contributed by atoms with van der Waals surface area (Å²) < 4.78 is 5.06. The van der Waals surface area contributed by atoms with Gasteiger partial charge in [0.05, 0.1) is 0 Å². The van der Waals surface area contributed by atoms with Gasteiger partial charge in [0.1, 0.15) is 6.07 Å². The third-order valence-electron chi connectivity index (χ3n) is 1.39. The van der Waals surface area contributed by atoms with E-state index in [1.165, 1.54) is 0 Å². The topological polar surface area (TPSA) is 75.8 Å². The van der Waals surface area contributed by atoms with Crippen molar-refractivity contribution in [2.24, 2.45) is 5.92 Å². The number of anilines is 1. The smallest absolute Gasteiger partial charge is 0.229 e. The molecule has 0 radical (unpaired) electrons. The Hall–Kier alpha value is -1.50. The van der Waals surface area contributed by atoms with Crippen molar-refractivity contribution in [2.75, 3.05) is 5.73 Å². The van der Waals surface area contributed by atoms with Gasteiger partial charge >= 0.3 is 0 Å². The Bertz CT molecular complexity index is 309. The minimum Gasteiger partial charge on any atom is -0.424 e. The van der Waals surface area contributed by atoms with Crippen LogP contribution in [-0.2, 0) is 6.42 Å². The molecule has 0 saturated carbocycles. The highest BCUT2D eigenvalue weighted by Gasteiger charge is 2.10. The number of nitrogens with two attached hydrogens (primary N) is 1. The number of rotatable bonds is 2. The number of aromatic nitrogens is 1. The van der Waals surface area contributed by atoms with Gasteiger partial charge in [-0.3, -0.25) is 0 Å². The molecular weight excluding hydrogens is 154 g/mol. The van der Waals surface area contributed by atoms with Crippen LogP contribution in [-0.4, -0.2) is 4.98 Å². The van der Waals surface area contributed by atoms with Crippen molar-refractivity contribution in [3.63, 3.8) is 0 Å². The molecule has 12 heavy (non-hydrogen) atoms. The van der Waals surface area contributed by atoms with Crippen LogP contribution in [0.3, 0.4) is 0 Å². The van der Waals surface area contributed by atoms with Crippen molar-refractivity contribution in [3.8, 4) is 6.07 Å². The van der Waals surface area contributed by atoms with E-state index in [1.54, 1.807) is 0 Å². The number of oxazole rings is 1. The number of hydrogen-bond donors (Lipinski definition) is 1. The summed E-state index contributed by atoms with van der Waals surface area (Å²) in [6.07, 6.45) is 0.714. The summed E-state index contributed by atoms with van der Waals surface area (Å²) in [5, 5.41) is 8.51. The van der Waals surface area contributed by atoms with Crippen LogP contribution in [0, 0.1) is 17.2 Å². The van der Waals surface area contributed by atoms with Gasteiger partial charge in [0.2, 0.25) is 11.6 Å². The first-order valence-electron chi connectivity index (χ1n) is 3.78. The second-order valence-electron chi connectivity index (χ2n) is 3.03. The van der Waals surface area contributed by atoms with Gasteiger partial charge < -0.3 is 10.2 Å². The van der Waals surface area contributed by atoms with Crippen molar-refractivity contribution in [1.29, 1.82) is 5.26 Å². The molecule has 0 aliphatic carbocycles. The zero-order chi connectivity index (χ0) is 9.14. The SMILES string of the molecule is CC(C)Cc1nc(C#N)c(N)o1. The van der Waals surface area contributed by atoms with Crippen LogP contribution >= 0.6 is 0 Å². The summed E-state index contributed by atoms with van der Waals surface area (Å²) in [4.78, 5) is 3.92. The van der Waals surface area contributed by atoms with E-state index in [-0.39, 0.29) is 11.6 Å². The number of nitrogen functional groups attached to an aromatic ring is 1. The van der Waals surface area contributed by atoms with E-state index in [0.717, 1.165) is 0 Å². The van der Waals surface area contributed by atoms with E-state index in [4.69, 9.17) is 15.4 Å². The van der Waals surface area contributed by atoms with Crippen molar-refractivity contribution >= 4 is 5.88 Å². The lowest BCUT2D eigenvalue weighted by molar-refractivity contribution is 0.469. The lowest BCUT2D eigenvalue weighted by atomic mass is 10.1. The third-order valence-corrected chi connectivity index (χ3v) is 1.39. The molecule has 1 rings (SSSR count). The summed E-state index contributed by atoms with van der Waals surface area (Å²) in [6.45, 7) is 4.10. The van der Waals surface area contributed by atoms with Crippen LogP contribution in [0.15, 0.2) is 4.42 Å². The molecule has 0 bridgehead atoms. The van der Waals surface area contributed by atoms with Crippen molar-refractivity contribution < 1.29 is 4.42 Å². The summed E-state index contributed by atoms with van der Waals surface area (Å²) in [7, 11) is 0. The van der Waals surface area contributed by atoms with Crippen molar-refractivity contribution in [3.05, 3.63) is 11.6 Å². The maximum absolute atomic E-state index is 8.51. The summed E-state index contributed by atoms with van der Waals surface area (Å²) in [5.41, 5.74) is 5.56. The minimum absolute atomic E-state index is 0.119. The van der Waals surface area contributed by atoms with E-state index < -0.39 is 0 Å². The molecular formula is C8H11N3O. The van der Waals surface area contributed by atoms with Gasteiger partial charge in [0.25, 0.3) is 0 Å². The van der Waals surface area contributed by atoms with Gasteiger partial charge in [0.15, 0.2) is 5.89 Å². The Kier molecular flexibility index (Phi) is 2.34. The van der Waals surface area contributed by atoms with Gasteiger partial charge in [0, 0.05) is 6.42 Å². The molecule has 0 unspecified atom stereocenters.